The minimum absolute atomic E-state index is 0.395. The third kappa shape index (κ3) is 2.78. The molecule has 0 bridgehead atoms. The number of hydrogen-bond donors (Lipinski definition) is 0. The summed E-state index contributed by atoms with van der Waals surface area (Å²) in [6.45, 7) is 5.42. The van der Waals surface area contributed by atoms with E-state index < -0.39 is 0 Å². The van der Waals surface area contributed by atoms with Gasteiger partial charge in [-0.05, 0) is 38.5 Å². The molecular weight excluding hydrogens is 222 g/mol. The van der Waals surface area contributed by atoms with Crippen LogP contribution in [0.15, 0.2) is 11.3 Å². The van der Waals surface area contributed by atoms with Gasteiger partial charge in [-0.1, -0.05) is 26.7 Å². The Morgan fingerprint density at radius 3 is 2.83 bits per heavy atom. The normalized spacial score (nSPS) is 23.4. The molecule has 18 heavy (non-hydrogen) atoms. The summed E-state index contributed by atoms with van der Waals surface area (Å²) in [4.78, 5) is 14.7. The average molecular weight is 249 g/mol. The van der Waals surface area contributed by atoms with Gasteiger partial charge in [-0.15, -0.1) is 0 Å². The summed E-state index contributed by atoms with van der Waals surface area (Å²) < 4.78 is 0. The van der Waals surface area contributed by atoms with Crippen molar-refractivity contribution in [1.82, 2.24) is 4.90 Å². The second-order valence-electron chi connectivity index (χ2n) is 5.69. The van der Waals surface area contributed by atoms with Gasteiger partial charge in [0.05, 0.1) is 0 Å². The van der Waals surface area contributed by atoms with E-state index in [0.29, 0.717) is 12.2 Å². The maximum atomic E-state index is 12.1. The molecular formula is C16H27NO. The zero-order chi connectivity index (χ0) is 13.0. The van der Waals surface area contributed by atoms with Gasteiger partial charge in [0.15, 0.2) is 5.78 Å². The molecule has 0 aliphatic carbocycles. The van der Waals surface area contributed by atoms with Crippen LogP contribution in [0.1, 0.15) is 71.6 Å². The summed E-state index contributed by atoms with van der Waals surface area (Å²) in [6.07, 6.45) is 10.5. The van der Waals surface area contributed by atoms with Crippen LogP contribution in [-0.4, -0.2) is 23.3 Å². The summed E-state index contributed by atoms with van der Waals surface area (Å²) in [5.74, 6) is 0.395. The topological polar surface area (TPSA) is 20.3 Å². The summed E-state index contributed by atoms with van der Waals surface area (Å²) in [7, 11) is 0. The molecule has 2 aliphatic rings. The van der Waals surface area contributed by atoms with Crippen LogP contribution in [0.25, 0.3) is 0 Å². The van der Waals surface area contributed by atoms with Crippen molar-refractivity contribution in [3.63, 3.8) is 0 Å². The first-order valence-corrected chi connectivity index (χ1v) is 7.79. The van der Waals surface area contributed by atoms with E-state index in [-0.39, 0.29) is 0 Å². The molecule has 0 spiro atoms. The Labute approximate surface area is 111 Å². The molecule has 1 saturated heterocycles. The molecule has 2 aliphatic heterocycles. The molecule has 0 saturated carbocycles. The van der Waals surface area contributed by atoms with Gasteiger partial charge < -0.3 is 4.90 Å². The molecule has 0 N–H and O–H groups in total. The number of unbranched alkanes of at least 4 members (excludes halogenated alkanes) is 2. The summed E-state index contributed by atoms with van der Waals surface area (Å²) in [5.41, 5.74) is 2.59. The van der Waals surface area contributed by atoms with Crippen molar-refractivity contribution in [2.45, 2.75) is 77.7 Å². The summed E-state index contributed by atoms with van der Waals surface area (Å²) in [5, 5.41) is 0. The van der Waals surface area contributed by atoms with E-state index in [2.05, 4.69) is 11.8 Å². The molecule has 2 nitrogen and oxygen atoms in total. The molecule has 102 valence electrons. The highest BCUT2D eigenvalue weighted by Gasteiger charge is 2.32. The second-order valence-corrected chi connectivity index (χ2v) is 5.69. The Bertz CT molecular complexity index is 332. The van der Waals surface area contributed by atoms with Gasteiger partial charge in [-0.25, -0.2) is 0 Å². The predicted molar refractivity (Wildman–Crippen MR) is 75.4 cm³/mol. The molecule has 1 fully saturated rings. The average Bonchev–Trinajstić information content (AvgIpc) is 2.86. The number of Topliss-reactive ketones (excluding diaryl/α,β-unsaturated/α-hetero) is 1. The molecule has 0 radical (unpaired) electrons. The first kappa shape index (κ1) is 13.6. The Morgan fingerprint density at radius 2 is 2.11 bits per heavy atom. The number of fused-ring (bicyclic) bond motifs is 1. The van der Waals surface area contributed by atoms with Crippen molar-refractivity contribution in [2.75, 3.05) is 6.54 Å². The van der Waals surface area contributed by atoms with Gasteiger partial charge in [0, 0.05) is 30.3 Å². The molecule has 0 amide bonds. The minimum Gasteiger partial charge on any atom is -0.372 e. The Kier molecular flexibility index (Phi) is 4.85. The largest absolute Gasteiger partial charge is 0.372 e. The zero-order valence-corrected chi connectivity index (χ0v) is 12.0. The van der Waals surface area contributed by atoms with Gasteiger partial charge in [0.1, 0.15) is 0 Å². The summed E-state index contributed by atoms with van der Waals surface area (Å²) >= 11 is 0. The van der Waals surface area contributed by atoms with Crippen molar-refractivity contribution >= 4 is 5.78 Å². The number of hydrogen-bond acceptors (Lipinski definition) is 2. The van der Waals surface area contributed by atoms with Gasteiger partial charge in [-0.3, -0.25) is 4.79 Å². The van der Waals surface area contributed by atoms with E-state index in [0.717, 1.165) is 18.9 Å². The highest BCUT2D eigenvalue weighted by molar-refractivity contribution is 5.95. The van der Waals surface area contributed by atoms with E-state index in [4.69, 9.17) is 0 Å². The van der Waals surface area contributed by atoms with Crippen molar-refractivity contribution < 1.29 is 4.79 Å². The zero-order valence-electron chi connectivity index (χ0n) is 12.0. The lowest BCUT2D eigenvalue weighted by Gasteiger charge is -2.36. The van der Waals surface area contributed by atoms with Crippen molar-refractivity contribution in [2.24, 2.45) is 0 Å². The van der Waals surface area contributed by atoms with Crippen LogP contribution in [-0.2, 0) is 4.79 Å². The molecule has 2 rings (SSSR count). The number of carbonyl (C=O) groups excluding carboxylic acids is 1. The van der Waals surface area contributed by atoms with Crippen LogP contribution in [0.3, 0.4) is 0 Å². The Balaban J connectivity index is 2.15. The lowest BCUT2D eigenvalue weighted by molar-refractivity contribution is -0.115. The van der Waals surface area contributed by atoms with E-state index in [1.807, 2.05) is 6.92 Å². The molecule has 0 aromatic heterocycles. The Hall–Kier alpha value is -0.790. The SMILES string of the molecule is CCCCCC1=C(C(=O)CC)CC[C@@H]2CCCN12. The third-order valence-electron chi connectivity index (χ3n) is 4.47. The van der Waals surface area contributed by atoms with E-state index >= 15 is 0 Å². The van der Waals surface area contributed by atoms with Crippen LogP contribution in [0, 0.1) is 0 Å². The van der Waals surface area contributed by atoms with E-state index in [1.165, 1.54) is 56.3 Å². The van der Waals surface area contributed by atoms with E-state index in [9.17, 15) is 4.79 Å². The van der Waals surface area contributed by atoms with Crippen LogP contribution >= 0.6 is 0 Å². The summed E-state index contributed by atoms with van der Waals surface area (Å²) in [6, 6.07) is 0.745. The fourth-order valence-electron chi connectivity index (χ4n) is 3.47. The molecule has 0 unspecified atom stereocenters. The van der Waals surface area contributed by atoms with Crippen molar-refractivity contribution in [3.8, 4) is 0 Å². The monoisotopic (exact) mass is 249 g/mol. The first-order valence-electron chi connectivity index (χ1n) is 7.79. The molecule has 2 heteroatoms. The van der Waals surface area contributed by atoms with Gasteiger partial charge >= 0.3 is 0 Å². The predicted octanol–water partition coefficient (Wildman–Crippen LogP) is 4.06. The second kappa shape index (κ2) is 6.40. The fraction of sp³-hybridized carbons (Fsp3) is 0.812. The number of rotatable bonds is 6. The molecule has 2 heterocycles. The van der Waals surface area contributed by atoms with Gasteiger partial charge in [0.25, 0.3) is 0 Å². The standard InChI is InChI=1S/C16H27NO/c1-3-5-6-9-15-14(16(18)4-2)11-10-13-8-7-12-17(13)15/h13H,3-12H2,1-2H3/t13-/m0/s1. The van der Waals surface area contributed by atoms with Crippen LogP contribution in [0.4, 0.5) is 0 Å². The fourth-order valence-corrected chi connectivity index (χ4v) is 3.47. The molecule has 0 aromatic carbocycles. The third-order valence-corrected chi connectivity index (χ3v) is 4.47. The van der Waals surface area contributed by atoms with Crippen LogP contribution in [0.2, 0.25) is 0 Å². The maximum Gasteiger partial charge on any atom is 0.160 e. The number of ketones is 1. The Morgan fingerprint density at radius 1 is 1.28 bits per heavy atom. The van der Waals surface area contributed by atoms with Crippen molar-refractivity contribution in [3.05, 3.63) is 11.3 Å². The number of nitrogens with zero attached hydrogens (tertiary/aromatic N) is 1. The lowest BCUT2D eigenvalue weighted by Crippen LogP contribution is -2.34. The van der Waals surface area contributed by atoms with Crippen molar-refractivity contribution in [1.29, 1.82) is 0 Å². The molecule has 1 atom stereocenters. The van der Waals surface area contributed by atoms with Crippen LogP contribution < -0.4 is 0 Å². The maximum absolute atomic E-state index is 12.1. The smallest absolute Gasteiger partial charge is 0.160 e. The van der Waals surface area contributed by atoms with E-state index in [1.54, 1.807) is 0 Å². The number of carbonyl (C=O) groups is 1. The minimum atomic E-state index is 0.395. The first-order chi connectivity index (χ1) is 8.77. The van der Waals surface area contributed by atoms with Gasteiger partial charge in [0.2, 0.25) is 0 Å². The quantitative estimate of drug-likeness (QED) is 0.662. The highest BCUT2D eigenvalue weighted by atomic mass is 16.1. The van der Waals surface area contributed by atoms with Gasteiger partial charge in [-0.2, -0.15) is 0 Å². The van der Waals surface area contributed by atoms with Crippen LogP contribution in [0.5, 0.6) is 0 Å². The molecule has 0 aromatic rings. The number of allylic oxidation sites excluding steroid dienone is 2. The highest BCUT2D eigenvalue weighted by Crippen LogP contribution is 2.36. The lowest BCUT2D eigenvalue weighted by atomic mass is 9.91.